The standard InChI is InChI=1S/C18H28ClN/c1-3-18(16-10-12-17(19)13-11-16)20-14(2)15-8-6-4-5-7-9-15/h10-15,18,20H,3-9H2,1-2H3/t14-,18?/m1/s1. The lowest BCUT2D eigenvalue weighted by Gasteiger charge is -2.28. The summed E-state index contributed by atoms with van der Waals surface area (Å²) in [6.45, 7) is 4.63. The molecule has 112 valence electrons. The first-order chi connectivity index (χ1) is 9.70. The molecular formula is C18H28ClN. The lowest BCUT2D eigenvalue weighted by atomic mass is 9.91. The predicted molar refractivity (Wildman–Crippen MR) is 88.3 cm³/mol. The van der Waals surface area contributed by atoms with Gasteiger partial charge in [-0.05, 0) is 49.8 Å². The van der Waals surface area contributed by atoms with E-state index in [9.17, 15) is 0 Å². The van der Waals surface area contributed by atoms with Crippen LogP contribution in [0.5, 0.6) is 0 Å². The second-order valence-electron chi connectivity index (χ2n) is 6.22. The number of hydrogen-bond acceptors (Lipinski definition) is 1. The van der Waals surface area contributed by atoms with Crippen LogP contribution in [-0.2, 0) is 0 Å². The van der Waals surface area contributed by atoms with Crippen LogP contribution in [0.1, 0.15) is 70.4 Å². The molecule has 0 aliphatic heterocycles. The zero-order valence-corrected chi connectivity index (χ0v) is 13.6. The van der Waals surface area contributed by atoms with Crippen molar-refractivity contribution in [1.82, 2.24) is 5.32 Å². The first kappa shape index (κ1) is 15.9. The van der Waals surface area contributed by atoms with Crippen LogP contribution < -0.4 is 5.32 Å². The molecule has 1 aromatic carbocycles. The number of halogens is 1. The topological polar surface area (TPSA) is 12.0 Å². The molecule has 0 radical (unpaired) electrons. The molecule has 1 aromatic rings. The highest BCUT2D eigenvalue weighted by Crippen LogP contribution is 2.28. The van der Waals surface area contributed by atoms with Crippen molar-refractivity contribution < 1.29 is 0 Å². The Morgan fingerprint density at radius 1 is 1.10 bits per heavy atom. The largest absolute Gasteiger partial charge is 0.307 e. The fourth-order valence-corrected chi connectivity index (χ4v) is 3.54. The third-order valence-electron chi connectivity index (χ3n) is 4.75. The molecule has 0 spiro atoms. The van der Waals surface area contributed by atoms with Crippen LogP contribution in [-0.4, -0.2) is 6.04 Å². The molecule has 1 unspecified atom stereocenters. The van der Waals surface area contributed by atoms with Gasteiger partial charge in [0.1, 0.15) is 0 Å². The van der Waals surface area contributed by atoms with Crippen molar-refractivity contribution in [3.05, 3.63) is 34.9 Å². The fraction of sp³-hybridized carbons (Fsp3) is 0.667. The quantitative estimate of drug-likeness (QED) is 0.683. The van der Waals surface area contributed by atoms with Gasteiger partial charge < -0.3 is 5.32 Å². The van der Waals surface area contributed by atoms with Crippen LogP contribution in [0.15, 0.2) is 24.3 Å². The molecule has 2 rings (SSSR count). The van der Waals surface area contributed by atoms with Gasteiger partial charge in [-0.15, -0.1) is 0 Å². The van der Waals surface area contributed by atoms with Gasteiger partial charge in [0.05, 0.1) is 0 Å². The smallest absolute Gasteiger partial charge is 0.0406 e. The van der Waals surface area contributed by atoms with Crippen LogP contribution in [0, 0.1) is 5.92 Å². The van der Waals surface area contributed by atoms with Gasteiger partial charge in [0.25, 0.3) is 0 Å². The molecule has 1 nitrogen and oxygen atoms in total. The summed E-state index contributed by atoms with van der Waals surface area (Å²) in [7, 11) is 0. The molecular weight excluding hydrogens is 266 g/mol. The minimum Gasteiger partial charge on any atom is -0.307 e. The van der Waals surface area contributed by atoms with Gasteiger partial charge in [-0.1, -0.05) is 56.3 Å². The summed E-state index contributed by atoms with van der Waals surface area (Å²) in [4.78, 5) is 0. The average Bonchev–Trinajstić information content (AvgIpc) is 2.75. The Bertz CT molecular complexity index is 379. The highest BCUT2D eigenvalue weighted by Gasteiger charge is 2.21. The van der Waals surface area contributed by atoms with Gasteiger partial charge in [-0.2, -0.15) is 0 Å². The van der Waals surface area contributed by atoms with E-state index in [-0.39, 0.29) is 0 Å². The van der Waals surface area contributed by atoms with Crippen molar-refractivity contribution in [2.45, 2.75) is 70.9 Å². The summed E-state index contributed by atoms with van der Waals surface area (Å²) in [6, 6.07) is 9.36. The van der Waals surface area contributed by atoms with E-state index in [4.69, 9.17) is 11.6 Å². The Morgan fingerprint density at radius 3 is 2.25 bits per heavy atom. The Morgan fingerprint density at radius 2 is 1.70 bits per heavy atom. The molecule has 0 heterocycles. The fourth-order valence-electron chi connectivity index (χ4n) is 3.41. The van der Waals surface area contributed by atoms with Crippen LogP contribution >= 0.6 is 11.6 Å². The molecule has 0 aromatic heterocycles. The second-order valence-corrected chi connectivity index (χ2v) is 6.66. The SMILES string of the molecule is CCC(N[C@H](C)C1CCCCCC1)c1ccc(Cl)cc1. The molecule has 20 heavy (non-hydrogen) atoms. The Labute approximate surface area is 129 Å². The van der Waals surface area contributed by atoms with Crippen LogP contribution in [0.4, 0.5) is 0 Å². The molecule has 0 saturated heterocycles. The number of rotatable bonds is 5. The third-order valence-corrected chi connectivity index (χ3v) is 5.00. The Balaban J connectivity index is 1.96. The molecule has 1 aliphatic carbocycles. The van der Waals surface area contributed by atoms with E-state index in [1.807, 2.05) is 12.1 Å². The van der Waals surface area contributed by atoms with Gasteiger partial charge in [0.2, 0.25) is 0 Å². The Hall–Kier alpha value is -0.530. The first-order valence-corrected chi connectivity index (χ1v) is 8.60. The highest BCUT2D eigenvalue weighted by molar-refractivity contribution is 6.30. The molecule has 0 bridgehead atoms. The summed E-state index contributed by atoms with van der Waals surface area (Å²) >= 11 is 5.98. The summed E-state index contributed by atoms with van der Waals surface area (Å²) < 4.78 is 0. The van der Waals surface area contributed by atoms with E-state index >= 15 is 0 Å². The molecule has 1 fully saturated rings. The van der Waals surface area contributed by atoms with Gasteiger partial charge >= 0.3 is 0 Å². The zero-order chi connectivity index (χ0) is 14.4. The number of hydrogen-bond donors (Lipinski definition) is 1. The third kappa shape index (κ3) is 4.49. The van der Waals surface area contributed by atoms with E-state index in [2.05, 4.69) is 31.3 Å². The maximum atomic E-state index is 5.98. The van der Waals surface area contributed by atoms with Crippen molar-refractivity contribution in [1.29, 1.82) is 0 Å². The molecule has 1 aliphatic rings. The molecule has 2 heteroatoms. The monoisotopic (exact) mass is 293 g/mol. The zero-order valence-electron chi connectivity index (χ0n) is 12.9. The van der Waals surface area contributed by atoms with E-state index in [1.165, 1.54) is 44.1 Å². The average molecular weight is 294 g/mol. The minimum absolute atomic E-state index is 0.450. The normalized spacial score (nSPS) is 20.4. The molecule has 1 saturated carbocycles. The van der Waals surface area contributed by atoms with Crippen molar-refractivity contribution in [2.75, 3.05) is 0 Å². The molecule has 2 atom stereocenters. The molecule has 1 N–H and O–H groups in total. The summed E-state index contributed by atoms with van der Waals surface area (Å²) in [5.41, 5.74) is 1.36. The van der Waals surface area contributed by atoms with Crippen LogP contribution in [0.2, 0.25) is 5.02 Å². The van der Waals surface area contributed by atoms with Crippen LogP contribution in [0.3, 0.4) is 0 Å². The van der Waals surface area contributed by atoms with E-state index < -0.39 is 0 Å². The summed E-state index contributed by atoms with van der Waals surface area (Å²) in [5.74, 6) is 0.846. The minimum atomic E-state index is 0.450. The maximum Gasteiger partial charge on any atom is 0.0406 e. The van der Waals surface area contributed by atoms with Crippen LogP contribution in [0.25, 0.3) is 0 Å². The molecule has 0 amide bonds. The van der Waals surface area contributed by atoms with Gasteiger partial charge in [-0.3, -0.25) is 0 Å². The predicted octanol–water partition coefficient (Wildman–Crippen LogP) is 5.74. The number of nitrogens with one attached hydrogen (secondary N) is 1. The highest BCUT2D eigenvalue weighted by atomic mass is 35.5. The summed E-state index contributed by atoms with van der Waals surface area (Å²) in [5, 5.41) is 4.68. The van der Waals surface area contributed by atoms with E-state index in [0.29, 0.717) is 12.1 Å². The lowest BCUT2D eigenvalue weighted by Crippen LogP contribution is -2.36. The van der Waals surface area contributed by atoms with Gasteiger partial charge in [0, 0.05) is 17.1 Å². The van der Waals surface area contributed by atoms with Crippen molar-refractivity contribution in [3.8, 4) is 0 Å². The first-order valence-electron chi connectivity index (χ1n) is 8.22. The number of benzene rings is 1. The van der Waals surface area contributed by atoms with Gasteiger partial charge in [0.15, 0.2) is 0 Å². The van der Waals surface area contributed by atoms with E-state index in [0.717, 1.165) is 17.4 Å². The summed E-state index contributed by atoms with van der Waals surface area (Å²) in [6.07, 6.45) is 9.59. The van der Waals surface area contributed by atoms with Crippen molar-refractivity contribution >= 4 is 11.6 Å². The Kier molecular flexibility index (Phi) is 6.38. The van der Waals surface area contributed by atoms with Crippen molar-refractivity contribution in [3.63, 3.8) is 0 Å². The lowest BCUT2D eigenvalue weighted by molar-refractivity contribution is 0.306. The maximum absolute atomic E-state index is 5.98. The van der Waals surface area contributed by atoms with Gasteiger partial charge in [-0.25, -0.2) is 0 Å². The van der Waals surface area contributed by atoms with Crippen molar-refractivity contribution in [2.24, 2.45) is 5.92 Å². The van der Waals surface area contributed by atoms with E-state index in [1.54, 1.807) is 0 Å². The second kappa shape index (κ2) is 8.05.